The molecule has 1 fully saturated rings. The second-order valence-corrected chi connectivity index (χ2v) is 11.5. The molecule has 4 aromatic rings. The van der Waals surface area contributed by atoms with Gasteiger partial charge >= 0.3 is 0 Å². The average Bonchev–Trinajstić information content (AvgIpc) is 3.45. The van der Waals surface area contributed by atoms with E-state index < -0.39 is 10.0 Å². The van der Waals surface area contributed by atoms with Crippen molar-refractivity contribution >= 4 is 44.6 Å². The lowest BCUT2D eigenvalue weighted by Gasteiger charge is -2.31. The lowest BCUT2D eigenvalue weighted by atomic mass is 10.1. The number of hydrogen-bond donors (Lipinski definition) is 2. The maximum Gasteiger partial charge on any atom is 0.265 e. The monoisotopic (exact) mass is 534 g/mol. The molecule has 2 N–H and O–H groups in total. The summed E-state index contributed by atoms with van der Waals surface area (Å²) < 4.78 is 27.4. The first kappa shape index (κ1) is 25.0. The molecular formula is C26H26N6O3S2. The Morgan fingerprint density at radius 3 is 2.30 bits per heavy atom. The number of benzene rings is 2. The van der Waals surface area contributed by atoms with Crippen LogP contribution in [0.25, 0.3) is 11.3 Å². The number of thiophene rings is 1. The molecule has 11 heteroatoms. The molecule has 1 saturated heterocycles. The largest absolute Gasteiger partial charge is 0.324 e. The highest BCUT2D eigenvalue weighted by Crippen LogP contribution is 2.24. The molecule has 1 aliphatic heterocycles. The number of sulfonamides is 1. The van der Waals surface area contributed by atoms with Crippen LogP contribution < -0.4 is 10.6 Å². The third-order valence-electron chi connectivity index (χ3n) is 6.05. The fraction of sp³-hybridized carbons (Fsp3) is 0.192. The number of hydrogen-bond acceptors (Lipinski definition) is 8. The van der Waals surface area contributed by atoms with Crippen molar-refractivity contribution < 1.29 is 13.2 Å². The van der Waals surface area contributed by atoms with Crippen molar-refractivity contribution in [1.82, 2.24) is 19.2 Å². The van der Waals surface area contributed by atoms with Gasteiger partial charge in [0.1, 0.15) is 0 Å². The Morgan fingerprint density at radius 2 is 1.62 bits per heavy atom. The Morgan fingerprint density at radius 1 is 0.919 bits per heavy atom. The SMILES string of the molecule is CN1CCN(S(=O)(=O)c2ccc(Nc3nccc(-c4ccc(NC(=O)c5cccs5)cc4)n3)cc2)CC1. The van der Waals surface area contributed by atoms with Gasteiger partial charge in [-0.15, -0.1) is 11.3 Å². The molecule has 0 spiro atoms. The molecule has 190 valence electrons. The Hall–Kier alpha value is -3.64. The normalized spacial score (nSPS) is 14.8. The Balaban J connectivity index is 1.25. The first-order valence-corrected chi connectivity index (χ1v) is 14.0. The van der Waals surface area contributed by atoms with Gasteiger partial charge in [-0.05, 0) is 61.0 Å². The van der Waals surface area contributed by atoms with Crippen LogP contribution in [0.15, 0.2) is 83.2 Å². The van der Waals surface area contributed by atoms with Gasteiger partial charge in [-0.1, -0.05) is 18.2 Å². The molecule has 1 amide bonds. The highest BCUT2D eigenvalue weighted by atomic mass is 32.2. The van der Waals surface area contributed by atoms with E-state index in [1.165, 1.54) is 15.6 Å². The van der Waals surface area contributed by atoms with Crippen LogP contribution >= 0.6 is 11.3 Å². The molecule has 1 aliphatic rings. The molecule has 37 heavy (non-hydrogen) atoms. The van der Waals surface area contributed by atoms with Crippen molar-refractivity contribution in [2.24, 2.45) is 0 Å². The number of piperazine rings is 1. The van der Waals surface area contributed by atoms with Gasteiger partial charge in [0.15, 0.2) is 0 Å². The van der Waals surface area contributed by atoms with Crippen molar-refractivity contribution in [3.8, 4) is 11.3 Å². The Kier molecular flexibility index (Phi) is 7.28. The summed E-state index contributed by atoms with van der Waals surface area (Å²) in [4.78, 5) is 24.2. The number of nitrogens with zero attached hydrogens (tertiary/aromatic N) is 4. The standard InChI is InChI=1S/C26H26N6O3S2/c1-31-14-16-32(17-15-31)37(34,35)22-10-8-21(9-11-22)29-26-27-13-12-23(30-26)19-4-6-20(7-5-19)28-25(33)24-3-2-18-36-24/h2-13,18H,14-17H2,1H3,(H,28,33)(H,27,29,30). The highest BCUT2D eigenvalue weighted by molar-refractivity contribution is 7.89. The van der Waals surface area contributed by atoms with E-state index in [2.05, 4.69) is 25.5 Å². The molecule has 5 rings (SSSR count). The third-order valence-corrected chi connectivity index (χ3v) is 8.83. The van der Waals surface area contributed by atoms with Crippen molar-refractivity contribution in [1.29, 1.82) is 0 Å². The molecule has 0 saturated carbocycles. The second kappa shape index (κ2) is 10.8. The molecule has 2 aromatic carbocycles. The molecular weight excluding hydrogens is 508 g/mol. The van der Waals surface area contributed by atoms with Crippen molar-refractivity contribution in [2.45, 2.75) is 4.90 Å². The van der Waals surface area contributed by atoms with E-state index >= 15 is 0 Å². The number of likely N-dealkylation sites (N-methyl/N-ethyl adjacent to an activating group) is 1. The first-order valence-electron chi connectivity index (χ1n) is 11.7. The summed E-state index contributed by atoms with van der Waals surface area (Å²) in [6.45, 7) is 2.42. The lowest BCUT2D eigenvalue weighted by molar-refractivity contribution is 0.103. The predicted molar refractivity (Wildman–Crippen MR) is 146 cm³/mol. The smallest absolute Gasteiger partial charge is 0.265 e. The Bertz CT molecular complexity index is 1470. The molecule has 0 bridgehead atoms. The van der Waals surface area contributed by atoms with Crippen molar-refractivity contribution in [3.63, 3.8) is 0 Å². The van der Waals surface area contributed by atoms with Gasteiger partial charge in [-0.3, -0.25) is 4.79 Å². The molecule has 0 aliphatic carbocycles. The minimum Gasteiger partial charge on any atom is -0.324 e. The van der Waals surface area contributed by atoms with E-state index in [0.29, 0.717) is 41.0 Å². The van der Waals surface area contributed by atoms with Crippen LogP contribution in [0.1, 0.15) is 9.67 Å². The second-order valence-electron chi connectivity index (χ2n) is 8.63. The van der Waals surface area contributed by atoms with E-state index in [0.717, 1.165) is 18.7 Å². The maximum absolute atomic E-state index is 12.9. The number of nitrogens with one attached hydrogen (secondary N) is 2. The molecule has 0 atom stereocenters. The molecule has 3 heterocycles. The van der Waals surface area contributed by atoms with E-state index in [9.17, 15) is 13.2 Å². The maximum atomic E-state index is 12.9. The zero-order chi connectivity index (χ0) is 25.8. The van der Waals surface area contributed by atoms with Gasteiger partial charge in [0.05, 0.1) is 15.5 Å². The van der Waals surface area contributed by atoms with Gasteiger partial charge < -0.3 is 15.5 Å². The number of anilines is 3. The van der Waals surface area contributed by atoms with E-state index in [4.69, 9.17) is 0 Å². The lowest BCUT2D eigenvalue weighted by Crippen LogP contribution is -2.46. The van der Waals surface area contributed by atoms with E-state index in [1.807, 2.05) is 42.8 Å². The first-order chi connectivity index (χ1) is 17.9. The third kappa shape index (κ3) is 5.86. The molecule has 0 radical (unpaired) electrons. The van der Waals surface area contributed by atoms with Crippen LogP contribution in [0, 0.1) is 0 Å². The number of carbonyl (C=O) groups excluding carboxylic acids is 1. The zero-order valence-corrected chi connectivity index (χ0v) is 21.8. The van der Waals surface area contributed by atoms with Gasteiger partial charge in [0, 0.05) is 49.3 Å². The van der Waals surface area contributed by atoms with Crippen LogP contribution in [0.3, 0.4) is 0 Å². The van der Waals surface area contributed by atoms with Crippen LogP contribution in [-0.2, 0) is 10.0 Å². The Labute approximate surface area is 219 Å². The number of carbonyl (C=O) groups is 1. The van der Waals surface area contributed by atoms with Gasteiger partial charge in [-0.25, -0.2) is 18.4 Å². The summed E-state index contributed by atoms with van der Waals surface area (Å²) in [6.07, 6.45) is 1.66. The molecule has 0 unspecified atom stereocenters. The molecule has 9 nitrogen and oxygen atoms in total. The van der Waals surface area contributed by atoms with Crippen LogP contribution in [-0.4, -0.2) is 66.7 Å². The topological polar surface area (TPSA) is 108 Å². The minimum atomic E-state index is -3.52. The van der Waals surface area contributed by atoms with Crippen LogP contribution in [0.5, 0.6) is 0 Å². The zero-order valence-electron chi connectivity index (χ0n) is 20.2. The fourth-order valence-corrected chi connectivity index (χ4v) is 5.96. The van der Waals surface area contributed by atoms with E-state index in [1.54, 1.807) is 42.6 Å². The van der Waals surface area contributed by atoms with Crippen LogP contribution in [0.4, 0.5) is 17.3 Å². The highest BCUT2D eigenvalue weighted by Gasteiger charge is 2.27. The number of amides is 1. The fourth-order valence-electron chi connectivity index (χ4n) is 3.92. The average molecular weight is 535 g/mol. The van der Waals surface area contributed by atoms with Crippen molar-refractivity contribution in [2.75, 3.05) is 43.9 Å². The van der Waals surface area contributed by atoms with E-state index in [-0.39, 0.29) is 10.8 Å². The quantitative estimate of drug-likeness (QED) is 0.367. The summed E-state index contributed by atoms with van der Waals surface area (Å²) >= 11 is 1.39. The number of aromatic nitrogens is 2. The summed E-state index contributed by atoms with van der Waals surface area (Å²) in [7, 11) is -1.53. The summed E-state index contributed by atoms with van der Waals surface area (Å²) in [5.41, 5.74) is 2.96. The van der Waals surface area contributed by atoms with Gasteiger partial charge in [0.2, 0.25) is 16.0 Å². The number of rotatable bonds is 7. The summed E-state index contributed by atoms with van der Waals surface area (Å²) in [5, 5.41) is 7.89. The molecule has 2 aromatic heterocycles. The van der Waals surface area contributed by atoms with Gasteiger partial charge in [-0.2, -0.15) is 4.31 Å². The minimum absolute atomic E-state index is 0.140. The van der Waals surface area contributed by atoms with Crippen LogP contribution in [0.2, 0.25) is 0 Å². The summed E-state index contributed by atoms with van der Waals surface area (Å²) in [6, 6.07) is 19.5. The predicted octanol–water partition coefficient (Wildman–Crippen LogP) is 4.14. The summed E-state index contributed by atoms with van der Waals surface area (Å²) in [5.74, 6) is 0.251. The van der Waals surface area contributed by atoms with Gasteiger partial charge in [0.25, 0.3) is 5.91 Å². The van der Waals surface area contributed by atoms with Crippen molar-refractivity contribution in [3.05, 3.63) is 83.2 Å².